The number of benzene rings is 1. The fourth-order valence-electron chi connectivity index (χ4n) is 3.10. The molecule has 8 heteroatoms. The maximum absolute atomic E-state index is 13.4. The van der Waals surface area contributed by atoms with Gasteiger partial charge in [0.2, 0.25) is 0 Å². The molecule has 1 fully saturated rings. The van der Waals surface area contributed by atoms with Crippen LogP contribution in [0.5, 0.6) is 0 Å². The zero-order valence-electron chi connectivity index (χ0n) is 15.6. The predicted octanol–water partition coefficient (Wildman–Crippen LogP) is 1.68. The van der Waals surface area contributed by atoms with E-state index in [4.69, 9.17) is 4.74 Å². The molecule has 7 nitrogen and oxygen atoms in total. The second-order valence-electron chi connectivity index (χ2n) is 6.37. The Morgan fingerprint density at radius 1 is 1.26 bits per heavy atom. The third-order valence-electron chi connectivity index (χ3n) is 4.51. The van der Waals surface area contributed by atoms with Crippen LogP contribution in [0.3, 0.4) is 0 Å². The fourth-order valence-corrected chi connectivity index (χ4v) is 3.10. The van der Waals surface area contributed by atoms with Gasteiger partial charge in [-0.3, -0.25) is 10.00 Å². The Labute approximate surface area is 159 Å². The molecule has 27 heavy (non-hydrogen) atoms. The van der Waals surface area contributed by atoms with E-state index in [1.165, 1.54) is 12.1 Å². The van der Waals surface area contributed by atoms with E-state index in [1.807, 2.05) is 25.1 Å². The number of halogens is 1. The van der Waals surface area contributed by atoms with Crippen molar-refractivity contribution in [3.05, 3.63) is 53.6 Å². The number of aliphatic imine (C=N–C) groups is 1. The smallest absolute Gasteiger partial charge is 0.191 e. The number of aromatic amines is 1. The van der Waals surface area contributed by atoms with Crippen molar-refractivity contribution in [2.24, 2.45) is 4.99 Å². The number of nitrogens with zero attached hydrogens (tertiary/aromatic N) is 3. The molecule has 0 radical (unpaired) electrons. The summed E-state index contributed by atoms with van der Waals surface area (Å²) in [5.74, 6) is 0.523. The fraction of sp³-hybridized carbons (Fsp3) is 0.474. The van der Waals surface area contributed by atoms with Crippen LogP contribution >= 0.6 is 0 Å². The number of ether oxygens (including phenoxy) is 1. The van der Waals surface area contributed by atoms with Gasteiger partial charge < -0.3 is 15.4 Å². The van der Waals surface area contributed by atoms with Gasteiger partial charge in [-0.15, -0.1) is 0 Å². The topological polar surface area (TPSA) is 77.6 Å². The van der Waals surface area contributed by atoms with Crippen molar-refractivity contribution in [2.45, 2.75) is 19.5 Å². The van der Waals surface area contributed by atoms with E-state index in [1.54, 1.807) is 6.20 Å². The second kappa shape index (κ2) is 10.0. The number of hydrogen-bond donors (Lipinski definition) is 3. The van der Waals surface area contributed by atoms with E-state index in [0.717, 1.165) is 36.9 Å². The van der Waals surface area contributed by atoms with Gasteiger partial charge >= 0.3 is 0 Å². The molecule has 1 aliphatic rings. The molecule has 3 rings (SSSR count). The number of morpholine rings is 1. The molecule has 1 atom stereocenters. The van der Waals surface area contributed by atoms with E-state index in [2.05, 4.69) is 30.7 Å². The lowest BCUT2D eigenvalue weighted by atomic mass is 10.0. The molecule has 1 unspecified atom stereocenters. The summed E-state index contributed by atoms with van der Waals surface area (Å²) >= 11 is 0. The van der Waals surface area contributed by atoms with Crippen molar-refractivity contribution in [3.8, 4) is 0 Å². The van der Waals surface area contributed by atoms with Crippen molar-refractivity contribution < 1.29 is 9.13 Å². The van der Waals surface area contributed by atoms with E-state index >= 15 is 0 Å². The van der Waals surface area contributed by atoms with Gasteiger partial charge in [0.15, 0.2) is 5.96 Å². The standard InChI is InChI=1S/C19H27FN6O/c1-2-21-19(22-13-17-7-8-24-25-17)23-14-18(26-9-11-27-12-10-26)15-3-5-16(20)6-4-15/h3-8,18H,2,9-14H2,1H3,(H,24,25)(H2,21,22,23). The first-order valence-corrected chi connectivity index (χ1v) is 9.34. The van der Waals surface area contributed by atoms with Gasteiger partial charge in [-0.2, -0.15) is 5.10 Å². The Morgan fingerprint density at radius 2 is 2.04 bits per heavy atom. The maximum atomic E-state index is 13.4. The minimum atomic E-state index is -0.220. The first-order valence-electron chi connectivity index (χ1n) is 9.34. The first kappa shape index (κ1) is 19.3. The summed E-state index contributed by atoms with van der Waals surface area (Å²) in [6.45, 7) is 7.13. The van der Waals surface area contributed by atoms with Crippen LogP contribution in [-0.4, -0.2) is 60.4 Å². The molecule has 1 aliphatic heterocycles. The molecule has 0 bridgehead atoms. The summed E-state index contributed by atoms with van der Waals surface area (Å²) in [5.41, 5.74) is 2.03. The first-order chi connectivity index (χ1) is 13.3. The van der Waals surface area contributed by atoms with Crippen LogP contribution in [0.25, 0.3) is 0 Å². The molecule has 0 amide bonds. The summed E-state index contributed by atoms with van der Waals surface area (Å²) in [6, 6.07) is 8.76. The Kier molecular flexibility index (Phi) is 7.18. The SMILES string of the molecule is CCNC(=NCc1ccn[nH]1)NCC(c1ccc(F)cc1)N1CCOCC1. The Morgan fingerprint density at radius 3 is 2.70 bits per heavy atom. The van der Waals surface area contributed by atoms with Crippen molar-refractivity contribution in [1.29, 1.82) is 0 Å². The van der Waals surface area contributed by atoms with E-state index in [-0.39, 0.29) is 11.9 Å². The van der Waals surface area contributed by atoms with Gasteiger partial charge in [0.05, 0.1) is 31.5 Å². The van der Waals surface area contributed by atoms with E-state index in [0.29, 0.717) is 26.3 Å². The lowest BCUT2D eigenvalue weighted by Gasteiger charge is -2.35. The summed E-state index contributed by atoms with van der Waals surface area (Å²) in [5, 5.41) is 13.5. The summed E-state index contributed by atoms with van der Waals surface area (Å²) in [4.78, 5) is 6.96. The number of aromatic nitrogens is 2. The minimum absolute atomic E-state index is 0.116. The summed E-state index contributed by atoms with van der Waals surface area (Å²) in [7, 11) is 0. The van der Waals surface area contributed by atoms with Gasteiger partial charge in [-0.05, 0) is 30.7 Å². The molecule has 3 N–H and O–H groups in total. The molecule has 0 saturated carbocycles. The third kappa shape index (κ3) is 5.77. The quantitative estimate of drug-likeness (QED) is 0.508. The van der Waals surface area contributed by atoms with Crippen LogP contribution in [0.2, 0.25) is 0 Å². The average Bonchev–Trinajstić information content (AvgIpc) is 3.22. The molecular formula is C19H27FN6O. The van der Waals surface area contributed by atoms with Crippen LogP contribution in [0.15, 0.2) is 41.5 Å². The van der Waals surface area contributed by atoms with Gasteiger partial charge in [-0.25, -0.2) is 9.38 Å². The van der Waals surface area contributed by atoms with Gasteiger partial charge in [0, 0.05) is 32.4 Å². The molecule has 146 valence electrons. The molecule has 2 aromatic rings. The minimum Gasteiger partial charge on any atom is -0.379 e. The molecule has 0 aliphatic carbocycles. The van der Waals surface area contributed by atoms with Crippen LogP contribution in [0, 0.1) is 5.82 Å². The van der Waals surface area contributed by atoms with Crippen LogP contribution in [0.4, 0.5) is 4.39 Å². The second-order valence-corrected chi connectivity index (χ2v) is 6.37. The monoisotopic (exact) mass is 374 g/mol. The molecule has 1 saturated heterocycles. The molecular weight excluding hydrogens is 347 g/mol. The third-order valence-corrected chi connectivity index (χ3v) is 4.51. The van der Waals surface area contributed by atoms with Gasteiger partial charge in [-0.1, -0.05) is 12.1 Å². The summed E-state index contributed by atoms with van der Waals surface area (Å²) in [6.07, 6.45) is 1.72. The number of guanidine groups is 1. The number of H-pyrrole nitrogens is 1. The molecule has 1 aromatic carbocycles. The van der Waals surface area contributed by atoms with E-state index in [9.17, 15) is 4.39 Å². The molecule has 1 aromatic heterocycles. The Hall–Kier alpha value is -2.45. The maximum Gasteiger partial charge on any atom is 0.191 e. The van der Waals surface area contributed by atoms with Crippen LogP contribution < -0.4 is 10.6 Å². The highest BCUT2D eigenvalue weighted by Gasteiger charge is 2.23. The zero-order valence-corrected chi connectivity index (χ0v) is 15.6. The number of rotatable bonds is 7. The zero-order chi connectivity index (χ0) is 18.9. The normalized spacial score (nSPS) is 16.9. The largest absolute Gasteiger partial charge is 0.379 e. The van der Waals surface area contributed by atoms with Crippen molar-refractivity contribution in [3.63, 3.8) is 0 Å². The molecule has 2 heterocycles. The Balaban J connectivity index is 1.69. The average molecular weight is 374 g/mol. The predicted molar refractivity (Wildman–Crippen MR) is 103 cm³/mol. The lowest BCUT2D eigenvalue weighted by molar-refractivity contribution is 0.0170. The van der Waals surface area contributed by atoms with Crippen molar-refractivity contribution in [2.75, 3.05) is 39.4 Å². The highest BCUT2D eigenvalue weighted by molar-refractivity contribution is 5.79. The number of nitrogens with one attached hydrogen (secondary N) is 3. The van der Waals surface area contributed by atoms with Crippen molar-refractivity contribution in [1.82, 2.24) is 25.7 Å². The highest BCUT2D eigenvalue weighted by Crippen LogP contribution is 2.21. The van der Waals surface area contributed by atoms with Crippen LogP contribution in [-0.2, 0) is 11.3 Å². The van der Waals surface area contributed by atoms with E-state index < -0.39 is 0 Å². The van der Waals surface area contributed by atoms with Gasteiger partial charge in [0.25, 0.3) is 0 Å². The number of hydrogen-bond acceptors (Lipinski definition) is 4. The van der Waals surface area contributed by atoms with Crippen LogP contribution in [0.1, 0.15) is 24.2 Å². The van der Waals surface area contributed by atoms with Gasteiger partial charge in [0.1, 0.15) is 5.82 Å². The summed E-state index contributed by atoms with van der Waals surface area (Å²) < 4.78 is 18.8. The lowest BCUT2D eigenvalue weighted by Crippen LogP contribution is -2.46. The van der Waals surface area contributed by atoms with Crippen molar-refractivity contribution >= 4 is 5.96 Å². The Bertz CT molecular complexity index is 697. The molecule has 0 spiro atoms. The highest BCUT2D eigenvalue weighted by atomic mass is 19.1.